The third-order valence-corrected chi connectivity index (χ3v) is 5.84. The van der Waals surface area contributed by atoms with Gasteiger partial charge in [-0.3, -0.25) is 9.59 Å². The van der Waals surface area contributed by atoms with Crippen LogP contribution in [0.3, 0.4) is 0 Å². The van der Waals surface area contributed by atoms with Gasteiger partial charge in [-0.05, 0) is 43.2 Å². The summed E-state index contributed by atoms with van der Waals surface area (Å²) >= 11 is 0. The summed E-state index contributed by atoms with van der Waals surface area (Å²) in [6, 6.07) is 0.670. The van der Waals surface area contributed by atoms with Gasteiger partial charge in [-0.25, -0.2) is 0 Å². The third kappa shape index (κ3) is 6.52. The lowest BCUT2D eigenvalue weighted by atomic mass is 9.75. The van der Waals surface area contributed by atoms with E-state index in [9.17, 15) is 24.7 Å². The molecule has 0 heterocycles. The number of hydrogen-bond donors (Lipinski definition) is 5. The lowest BCUT2D eigenvalue weighted by Crippen LogP contribution is -2.56. The van der Waals surface area contributed by atoms with Crippen molar-refractivity contribution < 1.29 is 39.0 Å². The molecule has 0 fully saturated rings. The smallest absolute Gasteiger partial charge is 0.475 e. The molecule has 5 N–H and O–H groups in total. The summed E-state index contributed by atoms with van der Waals surface area (Å²) in [5, 5.41) is 33.9. The Morgan fingerprint density at radius 3 is 2.30 bits per heavy atom. The molecule has 10 nitrogen and oxygen atoms in total. The van der Waals surface area contributed by atoms with Crippen molar-refractivity contribution in [3.8, 4) is 17.2 Å². The number of ether oxygens (including phenoxy) is 3. The number of hydrogen-bond acceptors (Lipinski definition) is 8. The minimum Gasteiger partial charge on any atom is -0.493 e. The first-order valence-electron chi connectivity index (χ1n) is 11.0. The Labute approximate surface area is 194 Å². The van der Waals surface area contributed by atoms with Gasteiger partial charge in [-0.15, -0.1) is 0 Å². The summed E-state index contributed by atoms with van der Waals surface area (Å²) in [7, 11) is 2.83. The molecule has 2 amide bonds. The fourth-order valence-electron chi connectivity index (χ4n) is 4.15. The SMILES string of the molecule is COc1cc2c(c(OC)c1OC)CC(C(=O)N[C@@H](CO)C(=O)N[C@@H](CC(C)C)B(O)O)CC2. The zero-order valence-electron chi connectivity index (χ0n) is 19.9. The average Bonchev–Trinajstić information content (AvgIpc) is 2.79. The van der Waals surface area contributed by atoms with Crippen LogP contribution in [0.4, 0.5) is 0 Å². The van der Waals surface area contributed by atoms with E-state index in [0.717, 1.165) is 11.1 Å². The lowest BCUT2D eigenvalue weighted by molar-refractivity contribution is -0.132. The van der Waals surface area contributed by atoms with Crippen molar-refractivity contribution in [1.29, 1.82) is 0 Å². The fraction of sp³-hybridized carbons (Fsp3) is 0.636. The van der Waals surface area contributed by atoms with Gasteiger partial charge in [-0.1, -0.05) is 13.8 Å². The Kier molecular flexibility index (Phi) is 9.81. The molecule has 184 valence electrons. The van der Waals surface area contributed by atoms with E-state index in [1.807, 2.05) is 19.9 Å². The van der Waals surface area contributed by atoms with Crippen LogP contribution in [0.15, 0.2) is 6.07 Å². The largest absolute Gasteiger partial charge is 0.493 e. The maximum atomic E-state index is 13.0. The summed E-state index contributed by atoms with van der Waals surface area (Å²) in [6.45, 7) is 3.14. The van der Waals surface area contributed by atoms with E-state index in [1.54, 1.807) is 7.11 Å². The van der Waals surface area contributed by atoms with Crippen molar-refractivity contribution in [3.63, 3.8) is 0 Å². The van der Waals surface area contributed by atoms with Crippen LogP contribution < -0.4 is 24.8 Å². The summed E-state index contributed by atoms with van der Waals surface area (Å²) in [6.07, 6.45) is 1.85. The number of aliphatic hydroxyl groups excluding tert-OH is 1. The molecule has 1 unspecified atom stereocenters. The van der Waals surface area contributed by atoms with E-state index < -0.39 is 37.5 Å². The minimum atomic E-state index is -1.75. The van der Waals surface area contributed by atoms with Crippen LogP contribution in [-0.4, -0.2) is 74.0 Å². The van der Waals surface area contributed by atoms with Gasteiger partial charge in [0.1, 0.15) is 6.04 Å². The second-order valence-electron chi connectivity index (χ2n) is 8.62. The summed E-state index contributed by atoms with van der Waals surface area (Å²) in [5.41, 5.74) is 1.84. The van der Waals surface area contributed by atoms with Gasteiger partial charge >= 0.3 is 7.12 Å². The van der Waals surface area contributed by atoms with Crippen LogP contribution >= 0.6 is 0 Å². The number of aliphatic hydroxyl groups is 1. The van der Waals surface area contributed by atoms with Gasteiger partial charge in [0, 0.05) is 11.5 Å². The quantitative estimate of drug-likeness (QED) is 0.283. The van der Waals surface area contributed by atoms with Gasteiger partial charge in [0.15, 0.2) is 11.5 Å². The molecule has 1 aromatic carbocycles. The number of fused-ring (bicyclic) bond motifs is 1. The van der Waals surface area contributed by atoms with Crippen molar-refractivity contribution in [3.05, 3.63) is 17.2 Å². The molecule has 1 aliphatic carbocycles. The predicted molar refractivity (Wildman–Crippen MR) is 122 cm³/mol. The number of methoxy groups -OCH3 is 3. The number of aryl methyl sites for hydroxylation is 1. The molecule has 0 spiro atoms. The van der Waals surface area contributed by atoms with Crippen molar-refractivity contribution in [2.24, 2.45) is 11.8 Å². The minimum absolute atomic E-state index is 0.104. The van der Waals surface area contributed by atoms with E-state index in [1.165, 1.54) is 14.2 Å². The normalized spacial score (nSPS) is 16.9. The molecule has 11 heteroatoms. The molecule has 33 heavy (non-hydrogen) atoms. The zero-order chi connectivity index (χ0) is 24.7. The molecule has 0 bridgehead atoms. The summed E-state index contributed by atoms with van der Waals surface area (Å²) in [4.78, 5) is 25.5. The monoisotopic (exact) mass is 466 g/mol. The molecular formula is C22H35BN2O8. The van der Waals surface area contributed by atoms with Gasteiger partial charge in [0.25, 0.3) is 0 Å². The van der Waals surface area contributed by atoms with Gasteiger partial charge in [0.05, 0.1) is 33.9 Å². The van der Waals surface area contributed by atoms with Crippen molar-refractivity contribution in [1.82, 2.24) is 10.6 Å². The number of carbonyl (C=O) groups is 2. The van der Waals surface area contributed by atoms with Crippen molar-refractivity contribution >= 4 is 18.9 Å². The highest BCUT2D eigenvalue weighted by atomic mass is 16.5. The van der Waals surface area contributed by atoms with Crippen LogP contribution in [0.1, 0.15) is 37.8 Å². The molecule has 0 aliphatic heterocycles. The van der Waals surface area contributed by atoms with Gasteiger partial charge in [-0.2, -0.15) is 0 Å². The van der Waals surface area contributed by atoms with Crippen molar-refractivity contribution in [2.45, 2.75) is 51.5 Å². The highest BCUT2D eigenvalue weighted by molar-refractivity contribution is 6.43. The molecule has 3 atom stereocenters. The molecule has 0 saturated heterocycles. The maximum absolute atomic E-state index is 13.0. The first kappa shape index (κ1) is 26.8. The zero-order valence-corrected chi connectivity index (χ0v) is 19.9. The molecule has 2 rings (SSSR count). The Hall–Kier alpha value is -2.50. The Morgan fingerprint density at radius 1 is 1.12 bits per heavy atom. The van der Waals surface area contributed by atoms with Gasteiger partial charge < -0.3 is 40.0 Å². The molecule has 0 aromatic heterocycles. The highest BCUT2D eigenvalue weighted by Crippen LogP contribution is 2.45. The summed E-state index contributed by atoms with van der Waals surface area (Å²) in [5.74, 6) is -0.790. The Morgan fingerprint density at radius 2 is 1.79 bits per heavy atom. The van der Waals surface area contributed by atoms with Gasteiger partial charge in [0.2, 0.25) is 17.6 Å². The average molecular weight is 466 g/mol. The number of nitrogens with one attached hydrogen (secondary N) is 2. The second-order valence-corrected chi connectivity index (χ2v) is 8.62. The van der Waals surface area contributed by atoms with Crippen LogP contribution in [-0.2, 0) is 22.4 Å². The number of rotatable bonds is 11. The standard InChI is InChI=1S/C22H35BN2O8/c1-12(2)8-18(23(29)30)25-22(28)16(11-26)24-21(27)14-7-6-13-10-17(31-3)20(33-5)19(32-4)15(13)9-14/h10,12,14,16,18,26,29-30H,6-9,11H2,1-5H3,(H,24,27)(H,25,28)/t14?,16-,18-/m0/s1. The molecule has 1 aromatic rings. The maximum Gasteiger partial charge on any atom is 0.475 e. The number of benzene rings is 1. The van der Waals surface area contributed by atoms with E-state index in [4.69, 9.17) is 14.2 Å². The van der Waals surface area contributed by atoms with Crippen molar-refractivity contribution in [2.75, 3.05) is 27.9 Å². The van der Waals surface area contributed by atoms with E-state index in [-0.39, 0.29) is 11.8 Å². The molecule has 0 radical (unpaired) electrons. The van der Waals surface area contributed by atoms with Crippen LogP contribution in [0.25, 0.3) is 0 Å². The van der Waals surface area contributed by atoms with Crippen LogP contribution in [0.2, 0.25) is 0 Å². The van der Waals surface area contributed by atoms with E-state index >= 15 is 0 Å². The molecule has 0 saturated carbocycles. The van der Waals surface area contributed by atoms with Crippen LogP contribution in [0.5, 0.6) is 17.2 Å². The van der Waals surface area contributed by atoms with Crippen LogP contribution in [0, 0.1) is 11.8 Å². The first-order valence-corrected chi connectivity index (χ1v) is 11.0. The fourth-order valence-corrected chi connectivity index (χ4v) is 4.15. The number of carbonyl (C=O) groups excluding carboxylic acids is 2. The first-order chi connectivity index (χ1) is 15.7. The molecular weight excluding hydrogens is 431 g/mol. The van der Waals surface area contributed by atoms with E-state index in [2.05, 4.69) is 10.6 Å². The summed E-state index contributed by atoms with van der Waals surface area (Å²) < 4.78 is 16.4. The third-order valence-electron chi connectivity index (χ3n) is 5.84. The second kappa shape index (κ2) is 12.1. The predicted octanol–water partition coefficient (Wildman–Crippen LogP) is -0.163. The highest BCUT2D eigenvalue weighted by Gasteiger charge is 2.33. The number of amides is 2. The molecule has 1 aliphatic rings. The Bertz CT molecular complexity index is 833. The Balaban J connectivity index is 2.13. The van der Waals surface area contributed by atoms with E-state index in [0.29, 0.717) is 42.9 Å². The lowest BCUT2D eigenvalue weighted by Gasteiger charge is -2.29. The topological polar surface area (TPSA) is 147 Å².